The molecule has 0 aliphatic carbocycles. The van der Waals surface area contributed by atoms with Gasteiger partial charge in [-0.2, -0.15) is 0 Å². The van der Waals surface area contributed by atoms with Crippen LogP contribution in [-0.2, 0) is 0 Å². The second kappa shape index (κ2) is 13.7. The Labute approximate surface area is 96.4 Å². The molecule has 1 nitrogen and oxygen atoms in total. The fourth-order valence-corrected chi connectivity index (χ4v) is 1.82. The van der Waals surface area contributed by atoms with E-state index >= 15 is 0 Å². The standard InChI is InChI=1S/C14H29N/c1-3-5-6-7-8-9-10-11-12-13-14-15-4-2/h4H,3,5-14H2,1-2H3/b15-4+. The summed E-state index contributed by atoms with van der Waals surface area (Å²) in [6.07, 6.45) is 16.0. The maximum atomic E-state index is 4.21. The van der Waals surface area contributed by atoms with Gasteiger partial charge in [-0.1, -0.05) is 64.7 Å². The summed E-state index contributed by atoms with van der Waals surface area (Å²) in [5.41, 5.74) is 0. The van der Waals surface area contributed by atoms with Gasteiger partial charge in [0.25, 0.3) is 0 Å². The summed E-state index contributed by atoms with van der Waals surface area (Å²) in [6, 6.07) is 0. The van der Waals surface area contributed by atoms with Gasteiger partial charge in [-0.25, -0.2) is 0 Å². The Bertz CT molecular complexity index is 129. The van der Waals surface area contributed by atoms with Crippen LogP contribution in [0.1, 0.15) is 78.1 Å². The van der Waals surface area contributed by atoms with E-state index in [-0.39, 0.29) is 0 Å². The maximum Gasteiger partial charge on any atom is 0.0385 e. The molecule has 0 heterocycles. The predicted octanol–water partition coefficient (Wildman–Crippen LogP) is 5.00. The van der Waals surface area contributed by atoms with Crippen LogP contribution in [0.25, 0.3) is 0 Å². The Kier molecular flexibility index (Phi) is 13.4. The Morgan fingerprint density at radius 1 is 0.733 bits per heavy atom. The van der Waals surface area contributed by atoms with E-state index in [2.05, 4.69) is 11.9 Å². The van der Waals surface area contributed by atoms with E-state index in [1.165, 1.54) is 64.2 Å². The number of nitrogens with zero attached hydrogens (tertiary/aromatic N) is 1. The van der Waals surface area contributed by atoms with Crippen molar-refractivity contribution in [1.29, 1.82) is 0 Å². The lowest BCUT2D eigenvalue weighted by Gasteiger charge is -2.00. The molecule has 1 heteroatoms. The average molecular weight is 211 g/mol. The lowest BCUT2D eigenvalue weighted by atomic mass is 10.1. The molecule has 0 N–H and O–H groups in total. The smallest absolute Gasteiger partial charge is 0.0385 e. The summed E-state index contributed by atoms with van der Waals surface area (Å²) in [4.78, 5) is 4.21. The Morgan fingerprint density at radius 2 is 1.20 bits per heavy atom. The fourth-order valence-electron chi connectivity index (χ4n) is 1.82. The summed E-state index contributed by atoms with van der Waals surface area (Å²) in [5, 5.41) is 0. The second-order valence-corrected chi connectivity index (χ2v) is 4.35. The molecular weight excluding hydrogens is 182 g/mol. The number of aliphatic imine (C=N–C) groups is 1. The summed E-state index contributed by atoms with van der Waals surface area (Å²) in [7, 11) is 0. The topological polar surface area (TPSA) is 12.4 Å². The second-order valence-electron chi connectivity index (χ2n) is 4.35. The Morgan fingerprint density at radius 3 is 1.67 bits per heavy atom. The molecule has 90 valence electrons. The molecule has 0 saturated carbocycles. The van der Waals surface area contributed by atoms with E-state index in [4.69, 9.17) is 0 Å². The minimum absolute atomic E-state index is 1.03. The van der Waals surface area contributed by atoms with Gasteiger partial charge in [-0.15, -0.1) is 0 Å². The molecule has 0 radical (unpaired) electrons. The SMILES string of the molecule is C/C=N/CCCCCCCCCCCC. The van der Waals surface area contributed by atoms with Crippen molar-refractivity contribution < 1.29 is 0 Å². The molecule has 0 atom stereocenters. The van der Waals surface area contributed by atoms with Gasteiger partial charge in [-0.3, -0.25) is 4.99 Å². The number of hydrogen-bond acceptors (Lipinski definition) is 1. The van der Waals surface area contributed by atoms with E-state index < -0.39 is 0 Å². The molecule has 0 aromatic carbocycles. The van der Waals surface area contributed by atoms with E-state index in [0.717, 1.165) is 6.54 Å². The van der Waals surface area contributed by atoms with Gasteiger partial charge in [0.1, 0.15) is 0 Å². The first-order valence-electron chi connectivity index (χ1n) is 6.86. The minimum atomic E-state index is 1.03. The van der Waals surface area contributed by atoms with Gasteiger partial charge in [-0.05, 0) is 19.6 Å². The van der Waals surface area contributed by atoms with E-state index in [1.54, 1.807) is 0 Å². The predicted molar refractivity (Wildman–Crippen MR) is 70.9 cm³/mol. The first-order chi connectivity index (χ1) is 7.41. The first kappa shape index (κ1) is 14.7. The zero-order valence-electron chi connectivity index (χ0n) is 10.8. The van der Waals surface area contributed by atoms with Crippen molar-refractivity contribution in [2.24, 2.45) is 4.99 Å². The third-order valence-electron chi connectivity index (χ3n) is 2.82. The van der Waals surface area contributed by atoms with Crippen LogP contribution in [0.4, 0.5) is 0 Å². The van der Waals surface area contributed by atoms with Gasteiger partial charge >= 0.3 is 0 Å². The number of unbranched alkanes of at least 4 members (excludes halogenated alkanes) is 9. The molecule has 0 unspecified atom stereocenters. The Balaban J connectivity index is 2.86. The van der Waals surface area contributed by atoms with Crippen molar-refractivity contribution in [2.75, 3.05) is 6.54 Å². The van der Waals surface area contributed by atoms with E-state index in [0.29, 0.717) is 0 Å². The molecule has 0 aliphatic heterocycles. The monoisotopic (exact) mass is 211 g/mol. The zero-order chi connectivity index (χ0) is 11.2. The van der Waals surface area contributed by atoms with Crippen LogP contribution in [0.2, 0.25) is 0 Å². The van der Waals surface area contributed by atoms with Crippen LogP contribution in [0.3, 0.4) is 0 Å². The number of rotatable bonds is 11. The Hall–Kier alpha value is -0.330. The quantitative estimate of drug-likeness (QED) is 0.337. The summed E-state index contributed by atoms with van der Waals surface area (Å²) in [6.45, 7) is 5.31. The summed E-state index contributed by atoms with van der Waals surface area (Å²) < 4.78 is 0. The van der Waals surface area contributed by atoms with Gasteiger partial charge < -0.3 is 0 Å². The highest BCUT2D eigenvalue weighted by molar-refractivity contribution is 5.53. The van der Waals surface area contributed by atoms with Crippen LogP contribution >= 0.6 is 0 Å². The lowest BCUT2D eigenvalue weighted by molar-refractivity contribution is 0.558. The third-order valence-corrected chi connectivity index (χ3v) is 2.82. The highest BCUT2D eigenvalue weighted by atomic mass is 14.7. The molecule has 0 fully saturated rings. The molecule has 0 rings (SSSR count). The normalized spacial score (nSPS) is 11.3. The van der Waals surface area contributed by atoms with Crippen LogP contribution in [0, 0.1) is 0 Å². The first-order valence-corrected chi connectivity index (χ1v) is 6.86. The van der Waals surface area contributed by atoms with Crippen molar-refractivity contribution in [3.63, 3.8) is 0 Å². The van der Waals surface area contributed by atoms with Crippen LogP contribution in [0.5, 0.6) is 0 Å². The molecule has 0 saturated heterocycles. The van der Waals surface area contributed by atoms with Gasteiger partial charge in [0, 0.05) is 6.54 Å². The van der Waals surface area contributed by atoms with Crippen molar-refractivity contribution in [3.8, 4) is 0 Å². The van der Waals surface area contributed by atoms with Crippen molar-refractivity contribution in [1.82, 2.24) is 0 Å². The third kappa shape index (κ3) is 13.7. The van der Waals surface area contributed by atoms with Gasteiger partial charge in [0.05, 0.1) is 0 Å². The molecule has 0 amide bonds. The van der Waals surface area contributed by atoms with Crippen LogP contribution < -0.4 is 0 Å². The van der Waals surface area contributed by atoms with Crippen molar-refractivity contribution in [2.45, 2.75) is 78.1 Å². The summed E-state index contributed by atoms with van der Waals surface area (Å²) in [5.74, 6) is 0. The van der Waals surface area contributed by atoms with Crippen molar-refractivity contribution >= 4 is 6.21 Å². The van der Waals surface area contributed by atoms with E-state index in [1.807, 2.05) is 13.1 Å². The maximum absolute atomic E-state index is 4.21. The number of hydrogen-bond donors (Lipinski definition) is 0. The highest BCUT2D eigenvalue weighted by Crippen LogP contribution is 2.10. The minimum Gasteiger partial charge on any atom is -0.298 e. The van der Waals surface area contributed by atoms with E-state index in [9.17, 15) is 0 Å². The van der Waals surface area contributed by atoms with Gasteiger partial charge in [0.2, 0.25) is 0 Å². The van der Waals surface area contributed by atoms with Gasteiger partial charge in [0.15, 0.2) is 0 Å². The van der Waals surface area contributed by atoms with Crippen molar-refractivity contribution in [3.05, 3.63) is 0 Å². The molecule has 0 spiro atoms. The summed E-state index contributed by atoms with van der Waals surface area (Å²) >= 11 is 0. The molecular formula is C14H29N. The average Bonchev–Trinajstić information content (AvgIpc) is 2.26. The zero-order valence-corrected chi connectivity index (χ0v) is 10.8. The fraction of sp³-hybridized carbons (Fsp3) is 0.929. The molecule has 15 heavy (non-hydrogen) atoms. The van der Waals surface area contributed by atoms with Crippen LogP contribution in [0.15, 0.2) is 4.99 Å². The molecule has 0 aromatic rings. The molecule has 0 aromatic heterocycles. The highest BCUT2D eigenvalue weighted by Gasteiger charge is 1.91. The van der Waals surface area contributed by atoms with Crippen LogP contribution in [-0.4, -0.2) is 12.8 Å². The molecule has 0 aliphatic rings. The molecule has 0 bridgehead atoms. The lowest BCUT2D eigenvalue weighted by Crippen LogP contribution is -1.84. The largest absolute Gasteiger partial charge is 0.298 e.